The van der Waals surface area contributed by atoms with Gasteiger partial charge in [-0.25, -0.2) is 9.67 Å². The highest BCUT2D eigenvalue weighted by Crippen LogP contribution is 2.23. The lowest BCUT2D eigenvalue weighted by Crippen LogP contribution is -2.26. The van der Waals surface area contributed by atoms with Crippen molar-refractivity contribution in [3.63, 3.8) is 0 Å². The van der Waals surface area contributed by atoms with E-state index in [2.05, 4.69) is 15.4 Å². The predicted octanol–water partition coefficient (Wildman–Crippen LogP) is 4.46. The average molecular weight is 419 g/mol. The molecule has 1 N–H and O–H groups in total. The second kappa shape index (κ2) is 8.81. The van der Waals surface area contributed by atoms with Crippen molar-refractivity contribution in [3.8, 4) is 17.1 Å². The minimum Gasteiger partial charge on any atom is -0.352 e. The molecule has 0 spiro atoms. The number of hydrogen-bond acceptors (Lipinski definition) is 4. The number of rotatable bonds is 6. The van der Waals surface area contributed by atoms with Gasteiger partial charge in [-0.2, -0.15) is 5.10 Å². The van der Waals surface area contributed by atoms with Crippen LogP contribution >= 0.6 is 0 Å². The highest BCUT2D eigenvalue weighted by Gasteiger charge is 2.14. The Labute approximate surface area is 185 Å². The monoisotopic (exact) mass is 419 g/mol. The van der Waals surface area contributed by atoms with E-state index in [9.17, 15) is 4.79 Å². The molecule has 0 saturated heterocycles. The van der Waals surface area contributed by atoms with Crippen LogP contribution in [0.5, 0.6) is 0 Å². The fourth-order valence-corrected chi connectivity index (χ4v) is 3.64. The fourth-order valence-electron chi connectivity index (χ4n) is 3.64. The van der Waals surface area contributed by atoms with E-state index in [-0.39, 0.29) is 5.91 Å². The van der Waals surface area contributed by atoms with Gasteiger partial charge in [0.25, 0.3) is 5.91 Å². The summed E-state index contributed by atoms with van der Waals surface area (Å²) in [5.41, 5.74) is 4.84. The van der Waals surface area contributed by atoms with Crippen molar-refractivity contribution in [3.05, 3.63) is 109 Å². The first-order valence-corrected chi connectivity index (χ1v) is 10.5. The molecule has 1 amide bonds. The summed E-state index contributed by atoms with van der Waals surface area (Å²) >= 11 is 0. The van der Waals surface area contributed by atoms with Gasteiger partial charge in [0.15, 0.2) is 0 Å². The van der Waals surface area contributed by atoms with Crippen LogP contribution in [-0.4, -0.2) is 32.2 Å². The molecular weight excluding hydrogens is 398 g/mol. The third kappa shape index (κ3) is 4.11. The highest BCUT2D eigenvalue weighted by atomic mass is 16.1. The molecule has 0 unspecified atom stereocenters. The number of hydrogen-bond donors (Lipinski definition) is 1. The molecule has 0 aliphatic rings. The summed E-state index contributed by atoms with van der Waals surface area (Å²) in [6.45, 7) is 0.509. The van der Waals surface area contributed by atoms with Crippen LogP contribution in [-0.2, 0) is 6.42 Å². The first-order valence-electron chi connectivity index (χ1n) is 10.5. The smallest absolute Gasteiger partial charge is 0.252 e. The molecule has 5 aromatic rings. The van der Waals surface area contributed by atoms with Gasteiger partial charge in [-0.3, -0.25) is 9.78 Å². The molecule has 0 fully saturated rings. The van der Waals surface area contributed by atoms with Crippen molar-refractivity contribution in [2.24, 2.45) is 0 Å². The number of pyridine rings is 2. The van der Waals surface area contributed by atoms with Gasteiger partial charge in [0, 0.05) is 24.3 Å². The molecule has 32 heavy (non-hydrogen) atoms. The molecule has 0 radical (unpaired) electrons. The number of carbonyl (C=O) groups is 1. The second-order valence-corrected chi connectivity index (χ2v) is 7.42. The van der Waals surface area contributed by atoms with Crippen LogP contribution in [0, 0.1) is 0 Å². The van der Waals surface area contributed by atoms with Gasteiger partial charge < -0.3 is 5.32 Å². The zero-order valence-electron chi connectivity index (χ0n) is 17.3. The van der Waals surface area contributed by atoms with Crippen LogP contribution < -0.4 is 5.32 Å². The number of amides is 1. The Morgan fingerprint density at radius 2 is 1.72 bits per heavy atom. The fraction of sp³-hybridized carbons (Fsp3) is 0.0769. The van der Waals surface area contributed by atoms with Crippen LogP contribution in [0.2, 0.25) is 0 Å². The van der Waals surface area contributed by atoms with E-state index in [4.69, 9.17) is 4.98 Å². The maximum Gasteiger partial charge on any atom is 0.252 e. The van der Waals surface area contributed by atoms with Gasteiger partial charge in [0.1, 0.15) is 0 Å². The number of benzene rings is 2. The summed E-state index contributed by atoms with van der Waals surface area (Å²) in [6, 6.07) is 25.1. The van der Waals surface area contributed by atoms with Crippen molar-refractivity contribution in [1.82, 2.24) is 25.1 Å². The SMILES string of the molecule is O=C(NCCc1cnn(-c2ccccc2)c1)c1cc(-c2ccccn2)nc2ccccc12. The zero-order valence-corrected chi connectivity index (χ0v) is 17.3. The molecule has 0 saturated carbocycles. The topological polar surface area (TPSA) is 72.7 Å². The molecule has 0 aliphatic carbocycles. The number of fused-ring (bicyclic) bond motifs is 1. The van der Waals surface area contributed by atoms with Crippen molar-refractivity contribution >= 4 is 16.8 Å². The summed E-state index contributed by atoms with van der Waals surface area (Å²) in [5, 5.41) is 8.28. The lowest BCUT2D eigenvalue weighted by atomic mass is 10.1. The van der Waals surface area contributed by atoms with Gasteiger partial charge in [0.05, 0.1) is 34.4 Å². The molecule has 6 nitrogen and oxygen atoms in total. The van der Waals surface area contributed by atoms with E-state index in [1.165, 1.54) is 0 Å². The Morgan fingerprint density at radius 3 is 2.56 bits per heavy atom. The number of aromatic nitrogens is 4. The Balaban J connectivity index is 1.33. The molecule has 0 aliphatic heterocycles. The molecule has 0 atom stereocenters. The van der Waals surface area contributed by atoms with Crippen LogP contribution in [0.25, 0.3) is 28.0 Å². The Morgan fingerprint density at radius 1 is 0.906 bits per heavy atom. The maximum absolute atomic E-state index is 13.1. The third-order valence-electron chi connectivity index (χ3n) is 5.24. The molecule has 3 aromatic heterocycles. The summed E-state index contributed by atoms with van der Waals surface area (Å²) < 4.78 is 1.84. The van der Waals surface area contributed by atoms with Crippen molar-refractivity contribution in [2.75, 3.05) is 6.54 Å². The van der Waals surface area contributed by atoms with E-state index in [0.29, 0.717) is 24.2 Å². The van der Waals surface area contributed by atoms with Gasteiger partial charge in [-0.15, -0.1) is 0 Å². The summed E-state index contributed by atoms with van der Waals surface area (Å²) in [4.78, 5) is 22.2. The first-order chi connectivity index (χ1) is 15.8. The predicted molar refractivity (Wildman–Crippen MR) is 125 cm³/mol. The quantitative estimate of drug-likeness (QED) is 0.441. The zero-order chi connectivity index (χ0) is 21.8. The summed E-state index contributed by atoms with van der Waals surface area (Å²) in [5.74, 6) is -0.128. The maximum atomic E-state index is 13.1. The van der Waals surface area contributed by atoms with E-state index >= 15 is 0 Å². The molecule has 3 heterocycles. The van der Waals surface area contributed by atoms with E-state index in [1.54, 1.807) is 6.20 Å². The Hall–Kier alpha value is -4.32. The van der Waals surface area contributed by atoms with Crippen LogP contribution in [0.3, 0.4) is 0 Å². The highest BCUT2D eigenvalue weighted by molar-refractivity contribution is 6.07. The molecule has 2 aromatic carbocycles. The lowest BCUT2D eigenvalue weighted by Gasteiger charge is -2.10. The lowest BCUT2D eigenvalue weighted by molar-refractivity contribution is 0.0955. The molecule has 156 valence electrons. The molecule has 6 heteroatoms. The number of carbonyl (C=O) groups excluding carboxylic acids is 1. The molecule has 0 bridgehead atoms. The van der Waals surface area contributed by atoms with Gasteiger partial charge in [0.2, 0.25) is 0 Å². The number of nitrogens with zero attached hydrogens (tertiary/aromatic N) is 4. The van der Waals surface area contributed by atoms with Crippen molar-refractivity contribution in [2.45, 2.75) is 6.42 Å². The minimum absolute atomic E-state index is 0.128. The third-order valence-corrected chi connectivity index (χ3v) is 5.24. The first kappa shape index (κ1) is 19.6. The van der Waals surface area contributed by atoms with E-state index < -0.39 is 0 Å². The van der Waals surface area contributed by atoms with Crippen molar-refractivity contribution in [1.29, 1.82) is 0 Å². The number of nitrogens with one attached hydrogen (secondary N) is 1. The Bertz CT molecular complexity index is 1360. The molecule has 5 rings (SSSR count). The summed E-state index contributed by atoms with van der Waals surface area (Å²) in [6.07, 6.45) is 6.24. The standard InChI is InChI=1S/C26H21N5O/c32-26(28-15-13-19-17-29-31(18-19)20-8-2-1-3-9-20)22-16-25(24-12-6-7-14-27-24)30-23-11-5-4-10-21(22)23/h1-12,14,16-18H,13,15H2,(H,28,32). The Kier molecular flexibility index (Phi) is 5.41. The number of para-hydroxylation sites is 2. The van der Waals surface area contributed by atoms with Gasteiger partial charge >= 0.3 is 0 Å². The summed E-state index contributed by atoms with van der Waals surface area (Å²) in [7, 11) is 0. The van der Waals surface area contributed by atoms with Crippen LogP contribution in [0.1, 0.15) is 15.9 Å². The van der Waals surface area contributed by atoms with Crippen LogP contribution in [0.4, 0.5) is 0 Å². The van der Waals surface area contributed by atoms with Crippen molar-refractivity contribution < 1.29 is 4.79 Å². The molecular formula is C26H21N5O. The van der Waals surface area contributed by atoms with Gasteiger partial charge in [-0.05, 0) is 48.4 Å². The second-order valence-electron chi connectivity index (χ2n) is 7.42. The van der Waals surface area contributed by atoms with Crippen LogP contribution in [0.15, 0.2) is 97.5 Å². The van der Waals surface area contributed by atoms with Gasteiger partial charge in [-0.1, -0.05) is 42.5 Å². The average Bonchev–Trinajstić information content (AvgIpc) is 3.33. The van der Waals surface area contributed by atoms with E-state index in [0.717, 1.165) is 27.8 Å². The normalized spacial score (nSPS) is 10.9. The largest absolute Gasteiger partial charge is 0.352 e. The minimum atomic E-state index is -0.128. The van der Waals surface area contributed by atoms with E-state index in [1.807, 2.05) is 95.9 Å².